The Hall–Kier alpha value is -2.63. The summed E-state index contributed by atoms with van der Waals surface area (Å²) in [6.07, 6.45) is 2.42. The molecule has 0 spiro atoms. The molecule has 30 heavy (non-hydrogen) atoms. The molecule has 2 fully saturated rings. The van der Waals surface area contributed by atoms with Crippen molar-refractivity contribution in [1.29, 1.82) is 0 Å². The molecule has 2 aliphatic heterocycles. The maximum atomic E-state index is 6.24. The second-order valence-electron chi connectivity index (χ2n) is 8.22. The van der Waals surface area contributed by atoms with E-state index >= 15 is 0 Å². The van der Waals surface area contributed by atoms with E-state index in [4.69, 9.17) is 9.72 Å². The summed E-state index contributed by atoms with van der Waals surface area (Å²) in [5, 5.41) is 4.63. The van der Waals surface area contributed by atoms with Crippen LogP contribution in [0.4, 0.5) is 11.4 Å². The lowest BCUT2D eigenvalue weighted by Gasteiger charge is -2.38. The van der Waals surface area contributed by atoms with Crippen molar-refractivity contribution in [2.45, 2.75) is 25.6 Å². The van der Waals surface area contributed by atoms with E-state index < -0.39 is 0 Å². The molecular weight excluding hydrogens is 372 g/mol. The van der Waals surface area contributed by atoms with Gasteiger partial charge >= 0.3 is 0 Å². The van der Waals surface area contributed by atoms with Crippen molar-refractivity contribution in [2.24, 2.45) is 0 Å². The summed E-state index contributed by atoms with van der Waals surface area (Å²) >= 11 is 0. The van der Waals surface area contributed by atoms with Crippen LogP contribution in [0, 0.1) is 0 Å². The second kappa shape index (κ2) is 9.02. The van der Waals surface area contributed by atoms with E-state index in [9.17, 15) is 0 Å². The minimum Gasteiger partial charge on any atom is -0.372 e. The molecule has 0 atom stereocenters. The van der Waals surface area contributed by atoms with Gasteiger partial charge in [-0.25, -0.2) is 0 Å². The predicted octanol–water partition coefficient (Wildman–Crippen LogP) is 3.83. The van der Waals surface area contributed by atoms with Gasteiger partial charge in [0.25, 0.3) is 0 Å². The van der Waals surface area contributed by atoms with Crippen LogP contribution in [-0.2, 0) is 11.3 Å². The van der Waals surface area contributed by atoms with Crippen molar-refractivity contribution < 1.29 is 4.74 Å². The van der Waals surface area contributed by atoms with E-state index in [0.29, 0.717) is 12.7 Å². The van der Waals surface area contributed by atoms with E-state index in [2.05, 4.69) is 63.6 Å². The third kappa shape index (κ3) is 4.27. The van der Waals surface area contributed by atoms with Gasteiger partial charge in [0, 0.05) is 44.7 Å². The van der Waals surface area contributed by atoms with Gasteiger partial charge in [-0.3, -0.25) is 4.98 Å². The fraction of sp³-hybridized carbons (Fsp3) is 0.400. The van der Waals surface area contributed by atoms with Crippen molar-refractivity contribution in [2.75, 3.05) is 49.1 Å². The van der Waals surface area contributed by atoms with E-state index in [-0.39, 0.29) is 0 Å². The number of fused-ring (bicyclic) bond motifs is 1. The highest BCUT2D eigenvalue weighted by Crippen LogP contribution is 2.32. The van der Waals surface area contributed by atoms with Crippen molar-refractivity contribution in [3.05, 3.63) is 66.4 Å². The molecule has 156 valence electrons. The summed E-state index contributed by atoms with van der Waals surface area (Å²) in [6, 6.07) is 21.3. The highest BCUT2D eigenvalue weighted by molar-refractivity contribution is 5.78. The second-order valence-corrected chi connectivity index (χ2v) is 8.22. The number of nitrogens with zero attached hydrogens (tertiary/aromatic N) is 3. The van der Waals surface area contributed by atoms with Crippen molar-refractivity contribution in [1.82, 2.24) is 10.3 Å². The van der Waals surface area contributed by atoms with E-state index in [0.717, 1.165) is 63.3 Å². The lowest BCUT2D eigenvalue weighted by atomic mass is 10.1. The van der Waals surface area contributed by atoms with Crippen LogP contribution in [0.15, 0.2) is 60.7 Å². The Labute approximate surface area is 178 Å². The number of nitrogens with one attached hydrogen (secondary N) is 1. The zero-order valence-electron chi connectivity index (χ0n) is 17.5. The SMILES string of the molecule is c1ccc(N2CCC(OCc3ccc4ccccc4n3)CC2)c(N2CCNCC2)c1. The summed E-state index contributed by atoms with van der Waals surface area (Å²) in [5.41, 5.74) is 4.80. The smallest absolute Gasteiger partial charge is 0.0891 e. The molecule has 3 heterocycles. The quantitative estimate of drug-likeness (QED) is 0.702. The molecule has 0 radical (unpaired) electrons. The van der Waals surface area contributed by atoms with Gasteiger partial charge in [-0.2, -0.15) is 0 Å². The molecule has 0 unspecified atom stereocenters. The van der Waals surface area contributed by atoms with Crippen molar-refractivity contribution in [3.8, 4) is 0 Å². The molecule has 5 rings (SSSR count). The van der Waals surface area contributed by atoms with Crippen LogP contribution >= 0.6 is 0 Å². The Balaban J connectivity index is 1.18. The zero-order chi connectivity index (χ0) is 20.2. The van der Waals surface area contributed by atoms with Crippen LogP contribution < -0.4 is 15.1 Å². The first-order chi connectivity index (χ1) is 14.9. The Morgan fingerprint density at radius 3 is 2.23 bits per heavy atom. The highest BCUT2D eigenvalue weighted by Gasteiger charge is 2.23. The number of aromatic nitrogens is 1. The molecule has 2 saturated heterocycles. The average Bonchev–Trinajstić information content (AvgIpc) is 2.83. The van der Waals surface area contributed by atoms with Gasteiger partial charge in [-0.05, 0) is 37.1 Å². The third-order valence-electron chi connectivity index (χ3n) is 6.25. The van der Waals surface area contributed by atoms with Gasteiger partial charge in [0.2, 0.25) is 0 Å². The van der Waals surface area contributed by atoms with Crippen LogP contribution in [0.1, 0.15) is 18.5 Å². The molecule has 2 aliphatic rings. The molecule has 2 aromatic carbocycles. The first-order valence-corrected chi connectivity index (χ1v) is 11.1. The number of piperidine rings is 1. The van der Waals surface area contributed by atoms with E-state index in [1.54, 1.807) is 0 Å². The Bertz CT molecular complexity index is 978. The number of hydrogen-bond acceptors (Lipinski definition) is 5. The number of hydrogen-bond donors (Lipinski definition) is 1. The van der Waals surface area contributed by atoms with Gasteiger partial charge in [0.15, 0.2) is 0 Å². The number of anilines is 2. The minimum atomic E-state index is 0.306. The van der Waals surface area contributed by atoms with Gasteiger partial charge in [-0.1, -0.05) is 36.4 Å². The monoisotopic (exact) mass is 402 g/mol. The fourth-order valence-electron chi connectivity index (χ4n) is 4.56. The topological polar surface area (TPSA) is 40.6 Å². The van der Waals surface area contributed by atoms with Crippen LogP contribution in [0.5, 0.6) is 0 Å². The van der Waals surface area contributed by atoms with Crippen LogP contribution in [0.2, 0.25) is 0 Å². The summed E-state index contributed by atoms with van der Waals surface area (Å²) < 4.78 is 6.24. The van der Waals surface area contributed by atoms with Gasteiger partial charge in [0.1, 0.15) is 0 Å². The van der Waals surface area contributed by atoms with Gasteiger partial charge < -0.3 is 19.9 Å². The van der Waals surface area contributed by atoms with Gasteiger partial charge in [0.05, 0.1) is 35.3 Å². The Morgan fingerprint density at radius 2 is 1.47 bits per heavy atom. The van der Waals surface area contributed by atoms with Crippen LogP contribution in [-0.4, -0.2) is 50.4 Å². The van der Waals surface area contributed by atoms with Crippen molar-refractivity contribution in [3.63, 3.8) is 0 Å². The van der Waals surface area contributed by atoms with Crippen LogP contribution in [0.3, 0.4) is 0 Å². The molecule has 1 aromatic heterocycles. The lowest BCUT2D eigenvalue weighted by molar-refractivity contribution is 0.0236. The lowest BCUT2D eigenvalue weighted by Crippen LogP contribution is -2.44. The van der Waals surface area contributed by atoms with E-state index in [1.807, 2.05) is 12.1 Å². The summed E-state index contributed by atoms with van der Waals surface area (Å²) in [4.78, 5) is 9.79. The average molecular weight is 403 g/mol. The molecular formula is C25H30N4O. The zero-order valence-corrected chi connectivity index (χ0v) is 17.5. The molecule has 5 heteroatoms. The van der Waals surface area contributed by atoms with Gasteiger partial charge in [-0.15, -0.1) is 0 Å². The molecule has 0 amide bonds. The van der Waals surface area contributed by atoms with Crippen molar-refractivity contribution >= 4 is 22.3 Å². The molecule has 5 nitrogen and oxygen atoms in total. The first kappa shape index (κ1) is 19.3. The number of rotatable bonds is 5. The number of para-hydroxylation sites is 3. The Morgan fingerprint density at radius 1 is 0.800 bits per heavy atom. The number of pyridine rings is 1. The third-order valence-corrected chi connectivity index (χ3v) is 6.25. The summed E-state index contributed by atoms with van der Waals surface area (Å²) in [5.74, 6) is 0. The number of benzene rings is 2. The molecule has 0 saturated carbocycles. The number of ether oxygens (including phenoxy) is 1. The minimum absolute atomic E-state index is 0.306. The summed E-state index contributed by atoms with van der Waals surface area (Å²) in [7, 11) is 0. The standard InChI is InChI=1S/C25H30N4O/c1-2-6-23-20(5-1)9-10-21(27-23)19-30-22-11-15-28(16-12-22)24-7-3-4-8-25(24)29-17-13-26-14-18-29/h1-10,22,26H,11-19H2. The normalized spacial score (nSPS) is 18.1. The maximum Gasteiger partial charge on any atom is 0.0891 e. The first-order valence-electron chi connectivity index (χ1n) is 11.1. The fourth-order valence-corrected chi connectivity index (χ4v) is 4.56. The Kier molecular flexibility index (Phi) is 5.82. The molecule has 3 aromatic rings. The molecule has 0 aliphatic carbocycles. The molecule has 1 N–H and O–H groups in total. The predicted molar refractivity (Wildman–Crippen MR) is 123 cm³/mol. The van der Waals surface area contributed by atoms with Crippen LogP contribution in [0.25, 0.3) is 10.9 Å². The largest absolute Gasteiger partial charge is 0.372 e. The maximum absolute atomic E-state index is 6.24. The highest BCUT2D eigenvalue weighted by atomic mass is 16.5. The number of piperazine rings is 1. The molecule has 0 bridgehead atoms. The summed E-state index contributed by atoms with van der Waals surface area (Å²) in [6.45, 7) is 6.95. The van der Waals surface area contributed by atoms with E-state index in [1.165, 1.54) is 16.8 Å².